The number of amides is 1. The van der Waals surface area contributed by atoms with E-state index in [1.165, 1.54) is 19.4 Å². The van der Waals surface area contributed by atoms with Crippen LogP contribution in [0, 0.1) is 0 Å². The Morgan fingerprint density at radius 2 is 2.00 bits per heavy atom. The molecule has 5 nitrogen and oxygen atoms in total. The number of hydrogen-bond donors (Lipinski definition) is 2. The summed E-state index contributed by atoms with van der Waals surface area (Å²) < 4.78 is 4.94. The van der Waals surface area contributed by atoms with Gasteiger partial charge in [-0.3, -0.25) is 4.79 Å². The maximum atomic E-state index is 11.8. The van der Waals surface area contributed by atoms with Crippen LogP contribution in [0.1, 0.15) is 15.9 Å². The maximum Gasteiger partial charge on any atom is 0.271 e. The molecular formula is C15H13ClN2O3. The molecule has 0 spiro atoms. The van der Waals surface area contributed by atoms with E-state index in [1.807, 2.05) is 0 Å². The molecule has 0 saturated heterocycles. The number of phenols is 1. The summed E-state index contributed by atoms with van der Waals surface area (Å²) in [4.78, 5) is 11.8. The van der Waals surface area contributed by atoms with Gasteiger partial charge >= 0.3 is 0 Å². The second kappa shape index (κ2) is 6.76. The molecule has 0 aliphatic carbocycles. The van der Waals surface area contributed by atoms with Crippen LogP contribution in [0.25, 0.3) is 0 Å². The molecular weight excluding hydrogens is 292 g/mol. The summed E-state index contributed by atoms with van der Waals surface area (Å²) in [6.07, 6.45) is 1.42. The van der Waals surface area contributed by atoms with E-state index in [9.17, 15) is 9.90 Å². The van der Waals surface area contributed by atoms with E-state index in [0.29, 0.717) is 21.9 Å². The standard InChI is InChI=1S/C15H13ClN2O3/c1-21-14-7-2-10(8-13(14)19)9-17-18-15(20)11-3-5-12(16)6-4-11/h2-9,19H,1H3,(H,18,20)/b17-9-. The predicted molar refractivity (Wildman–Crippen MR) is 81.2 cm³/mol. The van der Waals surface area contributed by atoms with Gasteiger partial charge in [0, 0.05) is 10.6 Å². The van der Waals surface area contributed by atoms with Crippen molar-refractivity contribution in [2.45, 2.75) is 0 Å². The Labute approximate surface area is 126 Å². The van der Waals surface area contributed by atoms with E-state index < -0.39 is 0 Å². The summed E-state index contributed by atoms with van der Waals surface area (Å²) >= 11 is 5.75. The molecule has 21 heavy (non-hydrogen) atoms. The molecule has 0 fully saturated rings. The first-order valence-corrected chi connectivity index (χ1v) is 6.44. The lowest BCUT2D eigenvalue weighted by Gasteiger charge is -2.03. The van der Waals surface area contributed by atoms with Crippen LogP contribution in [-0.2, 0) is 0 Å². The van der Waals surface area contributed by atoms with Gasteiger partial charge < -0.3 is 9.84 Å². The Morgan fingerprint density at radius 1 is 1.29 bits per heavy atom. The number of rotatable bonds is 4. The van der Waals surface area contributed by atoms with Gasteiger partial charge in [-0.2, -0.15) is 5.10 Å². The van der Waals surface area contributed by atoms with Crippen molar-refractivity contribution in [3.05, 3.63) is 58.6 Å². The van der Waals surface area contributed by atoms with E-state index in [0.717, 1.165) is 0 Å². The average molecular weight is 305 g/mol. The smallest absolute Gasteiger partial charge is 0.271 e. The average Bonchev–Trinajstić information content (AvgIpc) is 2.48. The summed E-state index contributed by atoms with van der Waals surface area (Å²) in [7, 11) is 1.47. The van der Waals surface area contributed by atoms with Gasteiger partial charge in [-0.15, -0.1) is 0 Å². The number of ether oxygens (including phenoxy) is 1. The lowest BCUT2D eigenvalue weighted by molar-refractivity contribution is 0.0955. The lowest BCUT2D eigenvalue weighted by Crippen LogP contribution is -2.17. The molecule has 0 aromatic heterocycles. The normalized spacial score (nSPS) is 10.6. The number of nitrogens with zero attached hydrogens (tertiary/aromatic N) is 1. The van der Waals surface area contributed by atoms with Crippen LogP contribution >= 0.6 is 11.6 Å². The molecule has 0 unspecified atom stereocenters. The lowest BCUT2D eigenvalue weighted by atomic mass is 10.2. The predicted octanol–water partition coefficient (Wildman–Crippen LogP) is 2.82. The van der Waals surface area contributed by atoms with Crippen LogP contribution in [0.15, 0.2) is 47.6 Å². The van der Waals surface area contributed by atoms with Crippen molar-refractivity contribution in [3.8, 4) is 11.5 Å². The van der Waals surface area contributed by atoms with Crippen LogP contribution in [0.4, 0.5) is 0 Å². The minimum Gasteiger partial charge on any atom is -0.504 e. The number of hydrogen-bond acceptors (Lipinski definition) is 4. The molecule has 2 N–H and O–H groups in total. The quantitative estimate of drug-likeness (QED) is 0.674. The molecule has 0 radical (unpaired) electrons. The fourth-order valence-corrected chi connectivity index (χ4v) is 1.74. The SMILES string of the molecule is COc1ccc(/C=N\NC(=O)c2ccc(Cl)cc2)cc1O. The van der Waals surface area contributed by atoms with E-state index in [4.69, 9.17) is 16.3 Å². The highest BCUT2D eigenvalue weighted by atomic mass is 35.5. The number of halogens is 1. The van der Waals surface area contributed by atoms with E-state index in [-0.39, 0.29) is 11.7 Å². The van der Waals surface area contributed by atoms with E-state index in [1.54, 1.807) is 36.4 Å². The summed E-state index contributed by atoms with van der Waals surface area (Å²) in [6.45, 7) is 0. The third kappa shape index (κ3) is 3.97. The molecule has 0 heterocycles. The first-order chi connectivity index (χ1) is 10.1. The Hall–Kier alpha value is -2.53. The van der Waals surface area contributed by atoms with Crippen molar-refractivity contribution >= 4 is 23.7 Å². The zero-order valence-electron chi connectivity index (χ0n) is 11.2. The van der Waals surface area contributed by atoms with Crippen LogP contribution in [0.2, 0.25) is 5.02 Å². The van der Waals surface area contributed by atoms with Gasteiger partial charge in [0.25, 0.3) is 5.91 Å². The second-order valence-electron chi connectivity index (χ2n) is 4.14. The Balaban J connectivity index is 2.00. The Morgan fingerprint density at radius 3 is 2.62 bits per heavy atom. The summed E-state index contributed by atoms with van der Waals surface area (Å²) in [5.41, 5.74) is 3.47. The molecule has 0 saturated carbocycles. The van der Waals surface area contributed by atoms with Gasteiger partial charge in [0.1, 0.15) is 0 Å². The highest BCUT2D eigenvalue weighted by Crippen LogP contribution is 2.25. The molecule has 0 aliphatic rings. The van der Waals surface area contributed by atoms with Crippen LogP contribution in [0.5, 0.6) is 11.5 Å². The molecule has 0 bridgehead atoms. The van der Waals surface area contributed by atoms with Gasteiger partial charge in [0.15, 0.2) is 11.5 Å². The highest BCUT2D eigenvalue weighted by molar-refractivity contribution is 6.30. The molecule has 6 heteroatoms. The topological polar surface area (TPSA) is 70.9 Å². The van der Waals surface area contributed by atoms with Gasteiger partial charge in [0.2, 0.25) is 0 Å². The van der Waals surface area contributed by atoms with Crippen molar-refractivity contribution in [1.82, 2.24) is 5.43 Å². The van der Waals surface area contributed by atoms with Gasteiger partial charge in [0.05, 0.1) is 13.3 Å². The van der Waals surface area contributed by atoms with E-state index in [2.05, 4.69) is 10.5 Å². The molecule has 2 aromatic carbocycles. The Kier molecular flexibility index (Phi) is 4.79. The largest absolute Gasteiger partial charge is 0.504 e. The number of hydrazone groups is 1. The number of carbonyl (C=O) groups is 1. The third-order valence-corrected chi connectivity index (χ3v) is 2.94. The molecule has 1 amide bonds. The number of nitrogens with one attached hydrogen (secondary N) is 1. The van der Waals surface area contributed by atoms with Gasteiger partial charge in [-0.1, -0.05) is 11.6 Å². The molecule has 2 rings (SSSR count). The third-order valence-electron chi connectivity index (χ3n) is 2.69. The number of carbonyl (C=O) groups excluding carboxylic acids is 1. The monoisotopic (exact) mass is 304 g/mol. The second-order valence-corrected chi connectivity index (χ2v) is 4.57. The molecule has 2 aromatic rings. The number of benzene rings is 2. The maximum absolute atomic E-state index is 11.8. The van der Waals surface area contributed by atoms with Gasteiger partial charge in [-0.05, 0) is 48.0 Å². The zero-order valence-corrected chi connectivity index (χ0v) is 12.0. The number of phenolic OH excluding ortho intramolecular Hbond substituents is 1. The molecule has 0 aliphatic heterocycles. The van der Waals surface area contributed by atoms with Crippen molar-refractivity contribution in [1.29, 1.82) is 0 Å². The fourth-order valence-electron chi connectivity index (χ4n) is 1.62. The van der Waals surface area contributed by atoms with Crippen molar-refractivity contribution in [3.63, 3.8) is 0 Å². The minimum absolute atomic E-state index is 0.00507. The van der Waals surface area contributed by atoms with E-state index >= 15 is 0 Å². The van der Waals surface area contributed by atoms with Crippen molar-refractivity contribution in [2.75, 3.05) is 7.11 Å². The summed E-state index contributed by atoms with van der Waals surface area (Å²) in [5, 5.41) is 14.0. The van der Waals surface area contributed by atoms with Crippen LogP contribution < -0.4 is 10.2 Å². The van der Waals surface area contributed by atoms with Crippen LogP contribution in [0.3, 0.4) is 0 Å². The first-order valence-electron chi connectivity index (χ1n) is 6.06. The molecule has 108 valence electrons. The highest BCUT2D eigenvalue weighted by Gasteiger charge is 2.04. The minimum atomic E-state index is -0.347. The van der Waals surface area contributed by atoms with Crippen molar-refractivity contribution in [2.24, 2.45) is 5.10 Å². The van der Waals surface area contributed by atoms with Gasteiger partial charge in [-0.25, -0.2) is 5.43 Å². The summed E-state index contributed by atoms with van der Waals surface area (Å²) in [5.74, 6) is 0.0310. The summed E-state index contributed by atoms with van der Waals surface area (Å²) in [6, 6.07) is 11.3. The zero-order chi connectivity index (χ0) is 15.2. The number of methoxy groups -OCH3 is 1. The fraction of sp³-hybridized carbons (Fsp3) is 0.0667. The molecule has 0 atom stereocenters. The Bertz CT molecular complexity index is 669. The van der Waals surface area contributed by atoms with Crippen molar-refractivity contribution < 1.29 is 14.6 Å². The van der Waals surface area contributed by atoms with Crippen LogP contribution in [-0.4, -0.2) is 24.3 Å². The number of aromatic hydroxyl groups is 1. The first kappa shape index (κ1) is 14.9.